The predicted octanol–water partition coefficient (Wildman–Crippen LogP) is 2.80. The summed E-state index contributed by atoms with van der Waals surface area (Å²) in [6.45, 7) is 3.93. The van der Waals surface area contributed by atoms with E-state index in [-0.39, 0.29) is 12.2 Å². The van der Waals surface area contributed by atoms with E-state index in [9.17, 15) is 18.0 Å². The van der Waals surface area contributed by atoms with E-state index in [1.165, 1.54) is 13.8 Å². The number of alkyl halides is 3. The van der Waals surface area contributed by atoms with Gasteiger partial charge in [0.05, 0.1) is 5.92 Å². The molecule has 0 N–H and O–H groups in total. The number of rotatable bonds is 3. The number of carbonyl (C=O) groups excluding carboxylic acids is 1. The normalized spacial score (nSPS) is 17.2. The zero-order valence-corrected chi connectivity index (χ0v) is 7.40. The summed E-state index contributed by atoms with van der Waals surface area (Å²) in [5.74, 6) is -2.08. The Bertz CT molecular complexity index is 162. The van der Waals surface area contributed by atoms with Crippen LogP contribution in [0, 0.1) is 11.8 Å². The zero-order chi connectivity index (χ0) is 9.94. The van der Waals surface area contributed by atoms with Crippen LogP contribution >= 0.6 is 0 Å². The first kappa shape index (κ1) is 11.5. The summed E-state index contributed by atoms with van der Waals surface area (Å²) in [5.41, 5.74) is 0. The Kier molecular flexibility index (Phi) is 3.74. The van der Waals surface area contributed by atoms with Crippen molar-refractivity contribution in [1.29, 1.82) is 0 Å². The number of carbonyl (C=O) groups is 1. The molecule has 72 valence electrons. The lowest BCUT2D eigenvalue weighted by atomic mass is 9.94. The third kappa shape index (κ3) is 3.74. The van der Waals surface area contributed by atoms with Crippen LogP contribution in [0.15, 0.2) is 0 Å². The number of hydrogen-bond donors (Lipinski definition) is 0. The fraction of sp³-hybridized carbons (Fsp3) is 0.875. The molecule has 0 saturated heterocycles. The van der Waals surface area contributed by atoms with Gasteiger partial charge in [0, 0.05) is 5.92 Å². The molecule has 2 atom stereocenters. The first-order chi connectivity index (χ1) is 5.25. The molecule has 2 unspecified atom stereocenters. The number of Topliss-reactive ketones (excluding diaryl/α,β-unsaturated/α-hetero) is 1. The van der Waals surface area contributed by atoms with Gasteiger partial charge in [-0.05, 0) is 13.3 Å². The summed E-state index contributed by atoms with van der Waals surface area (Å²) in [6.07, 6.45) is -4.29. The maximum atomic E-state index is 12.0. The predicted molar refractivity (Wildman–Crippen MR) is 39.7 cm³/mol. The van der Waals surface area contributed by atoms with Crippen LogP contribution in [-0.4, -0.2) is 12.0 Å². The molecule has 1 nitrogen and oxygen atoms in total. The zero-order valence-electron chi connectivity index (χ0n) is 7.40. The fourth-order valence-corrected chi connectivity index (χ4v) is 0.830. The second-order valence-electron chi connectivity index (χ2n) is 3.19. The van der Waals surface area contributed by atoms with Crippen molar-refractivity contribution in [3.05, 3.63) is 0 Å². The first-order valence-electron chi connectivity index (χ1n) is 3.82. The van der Waals surface area contributed by atoms with Gasteiger partial charge in [-0.25, -0.2) is 0 Å². The lowest BCUT2D eigenvalue weighted by molar-refractivity contribution is -0.173. The summed E-state index contributed by atoms with van der Waals surface area (Å²) in [5, 5.41) is 0. The van der Waals surface area contributed by atoms with E-state index < -0.39 is 18.0 Å². The van der Waals surface area contributed by atoms with Gasteiger partial charge in [0.1, 0.15) is 5.78 Å². The quantitative estimate of drug-likeness (QED) is 0.655. The molecule has 0 aromatic carbocycles. The van der Waals surface area contributed by atoms with E-state index in [1.54, 1.807) is 0 Å². The fourth-order valence-electron chi connectivity index (χ4n) is 0.830. The third-order valence-electron chi connectivity index (χ3n) is 1.96. The number of hydrogen-bond acceptors (Lipinski definition) is 1. The number of ketones is 1. The van der Waals surface area contributed by atoms with Crippen molar-refractivity contribution in [1.82, 2.24) is 0 Å². The van der Waals surface area contributed by atoms with Crippen LogP contribution in [0.25, 0.3) is 0 Å². The van der Waals surface area contributed by atoms with Gasteiger partial charge < -0.3 is 0 Å². The van der Waals surface area contributed by atoms with Crippen LogP contribution < -0.4 is 0 Å². The average molecular weight is 182 g/mol. The third-order valence-corrected chi connectivity index (χ3v) is 1.96. The van der Waals surface area contributed by atoms with Crippen molar-refractivity contribution < 1.29 is 18.0 Å². The molecule has 0 aliphatic carbocycles. The Morgan fingerprint density at radius 2 is 1.75 bits per heavy atom. The SMILES string of the molecule is CC(=O)C(C)CC(C)C(F)(F)F. The van der Waals surface area contributed by atoms with Crippen molar-refractivity contribution >= 4 is 5.78 Å². The molecule has 0 aromatic rings. The van der Waals surface area contributed by atoms with Crippen LogP contribution in [0.4, 0.5) is 13.2 Å². The molecule has 0 fully saturated rings. The molecule has 0 heterocycles. The van der Waals surface area contributed by atoms with Crippen molar-refractivity contribution in [3.8, 4) is 0 Å². The highest BCUT2D eigenvalue weighted by Crippen LogP contribution is 2.30. The van der Waals surface area contributed by atoms with Gasteiger partial charge in [0.25, 0.3) is 0 Å². The molecular weight excluding hydrogens is 169 g/mol. The van der Waals surface area contributed by atoms with Crippen LogP contribution in [-0.2, 0) is 4.79 Å². The van der Waals surface area contributed by atoms with Gasteiger partial charge in [-0.1, -0.05) is 13.8 Å². The van der Waals surface area contributed by atoms with Gasteiger partial charge in [0.2, 0.25) is 0 Å². The van der Waals surface area contributed by atoms with Gasteiger partial charge >= 0.3 is 6.18 Å². The van der Waals surface area contributed by atoms with E-state index in [4.69, 9.17) is 0 Å². The van der Waals surface area contributed by atoms with Crippen LogP contribution in [0.3, 0.4) is 0 Å². The van der Waals surface area contributed by atoms with E-state index in [1.807, 2.05) is 0 Å². The van der Waals surface area contributed by atoms with Gasteiger partial charge in [-0.3, -0.25) is 4.79 Å². The summed E-state index contributed by atoms with van der Waals surface area (Å²) in [4.78, 5) is 10.6. The summed E-state index contributed by atoms with van der Waals surface area (Å²) in [7, 11) is 0. The minimum absolute atomic E-state index is 0.112. The van der Waals surface area contributed by atoms with Crippen LogP contribution in [0.2, 0.25) is 0 Å². The lowest BCUT2D eigenvalue weighted by Gasteiger charge is -2.17. The molecule has 4 heteroatoms. The summed E-state index contributed by atoms with van der Waals surface area (Å²) >= 11 is 0. The van der Waals surface area contributed by atoms with Gasteiger partial charge in [-0.15, -0.1) is 0 Å². The second kappa shape index (κ2) is 3.92. The van der Waals surface area contributed by atoms with E-state index >= 15 is 0 Å². The molecule has 0 aromatic heterocycles. The Morgan fingerprint density at radius 3 is 2.00 bits per heavy atom. The van der Waals surface area contributed by atoms with E-state index in [2.05, 4.69) is 0 Å². The average Bonchev–Trinajstić information content (AvgIpc) is 1.85. The van der Waals surface area contributed by atoms with Crippen LogP contribution in [0.1, 0.15) is 27.2 Å². The van der Waals surface area contributed by atoms with Crippen molar-refractivity contribution in [3.63, 3.8) is 0 Å². The van der Waals surface area contributed by atoms with Gasteiger partial charge in [0.15, 0.2) is 0 Å². The minimum atomic E-state index is -4.18. The topological polar surface area (TPSA) is 17.1 Å². The minimum Gasteiger partial charge on any atom is -0.300 e. The van der Waals surface area contributed by atoms with E-state index in [0.29, 0.717) is 0 Å². The Morgan fingerprint density at radius 1 is 1.33 bits per heavy atom. The standard InChI is InChI=1S/C8H13F3O/c1-5(7(3)12)4-6(2)8(9,10)11/h5-6H,4H2,1-3H3. The second-order valence-corrected chi connectivity index (χ2v) is 3.19. The Hall–Kier alpha value is -0.540. The molecule has 0 spiro atoms. The Labute approximate surface area is 70.0 Å². The van der Waals surface area contributed by atoms with Crippen molar-refractivity contribution in [2.24, 2.45) is 11.8 Å². The summed E-state index contributed by atoms with van der Waals surface area (Å²) in [6, 6.07) is 0. The molecular formula is C8H13F3O. The Balaban J connectivity index is 4.01. The van der Waals surface area contributed by atoms with Crippen molar-refractivity contribution in [2.75, 3.05) is 0 Å². The molecule has 0 bridgehead atoms. The molecule has 12 heavy (non-hydrogen) atoms. The maximum absolute atomic E-state index is 12.0. The monoisotopic (exact) mass is 182 g/mol. The molecule has 0 saturated carbocycles. The molecule has 0 amide bonds. The van der Waals surface area contributed by atoms with Gasteiger partial charge in [-0.2, -0.15) is 13.2 Å². The molecule has 0 rings (SSSR count). The largest absolute Gasteiger partial charge is 0.391 e. The van der Waals surface area contributed by atoms with Crippen molar-refractivity contribution in [2.45, 2.75) is 33.4 Å². The molecule has 0 radical (unpaired) electrons. The highest BCUT2D eigenvalue weighted by atomic mass is 19.4. The first-order valence-corrected chi connectivity index (χ1v) is 3.82. The van der Waals surface area contributed by atoms with Crippen LogP contribution in [0.5, 0.6) is 0 Å². The smallest absolute Gasteiger partial charge is 0.300 e. The highest BCUT2D eigenvalue weighted by molar-refractivity contribution is 5.77. The molecule has 0 aliphatic heterocycles. The maximum Gasteiger partial charge on any atom is 0.391 e. The number of halogens is 3. The lowest BCUT2D eigenvalue weighted by Crippen LogP contribution is -2.23. The summed E-state index contributed by atoms with van der Waals surface area (Å²) < 4.78 is 35.9. The van der Waals surface area contributed by atoms with E-state index in [0.717, 1.165) is 6.92 Å². The molecule has 0 aliphatic rings. The highest BCUT2D eigenvalue weighted by Gasteiger charge is 2.36.